The van der Waals surface area contributed by atoms with E-state index in [-0.39, 0.29) is 6.61 Å². The van der Waals surface area contributed by atoms with E-state index < -0.39 is 0 Å². The molecule has 0 spiro atoms. The molecule has 118 valence electrons. The van der Waals surface area contributed by atoms with Crippen molar-refractivity contribution in [3.05, 3.63) is 65.5 Å². The van der Waals surface area contributed by atoms with Gasteiger partial charge in [0.2, 0.25) is 5.89 Å². The molecule has 23 heavy (non-hydrogen) atoms. The van der Waals surface area contributed by atoms with Crippen LogP contribution in [-0.4, -0.2) is 10.2 Å². The van der Waals surface area contributed by atoms with E-state index in [1.165, 1.54) is 5.56 Å². The van der Waals surface area contributed by atoms with Gasteiger partial charge >= 0.3 is 0 Å². The second kappa shape index (κ2) is 6.65. The number of aromatic nitrogens is 2. The summed E-state index contributed by atoms with van der Waals surface area (Å²) in [5, 5.41) is 8.12. The SMILES string of the molecule is Cc1ccc(C(C)C)cc1OCc1nnc(-c2ccccc2)o1. The van der Waals surface area contributed by atoms with Crippen LogP contribution in [0.25, 0.3) is 11.5 Å². The Morgan fingerprint density at radius 3 is 2.57 bits per heavy atom. The zero-order valence-electron chi connectivity index (χ0n) is 13.6. The first-order chi connectivity index (χ1) is 11.1. The largest absolute Gasteiger partial charge is 0.484 e. The molecule has 3 rings (SSSR count). The molecule has 0 unspecified atom stereocenters. The van der Waals surface area contributed by atoms with Gasteiger partial charge in [0.25, 0.3) is 5.89 Å². The van der Waals surface area contributed by atoms with Crippen molar-refractivity contribution in [1.29, 1.82) is 0 Å². The quantitative estimate of drug-likeness (QED) is 0.682. The molecule has 4 nitrogen and oxygen atoms in total. The molecule has 0 aliphatic rings. The van der Waals surface area contributed by atoms with E-state index in [2.05, 4.69) is 42.2 Å². The number of hydrogen-bond acceptors (Lipinski definition) is 4. The second-order valence-corrected chi connectivity index (χ2v) is 5.84. The molecule has 0 amide bonds. The Kier molecular flexibility index (Phi) is 4.42. The van der Waals surface area contributed by atoms with Crippen molar-refractivity contribution in [1.82, 2.24) is 10.2 Å². The Hall–Kier alpha value is -2.62. The van der Waals surface area contributed by atoms with Crippen LogP contribution in [0.4, 0.5) is 0 Å². The molecular formula is C19H20N2O2. The van der Waals surface area contributed by atoms with Gasteiger partial charge < -0.3 is 9.15 Å². The zero-order chi connectivity index (χ0) is 16.2. The van der Waals surface area contributed by atoms with Crippen LogP contribution in [0, 0.1) is 6.92 Å². The lowest BCUT2D eigenvalue weighted by Gasteiger charge is -2.11. The van der Waals surface area contributed by atoms with Gasteiger partial charge in [-0.15, -0.1) is 10.2 Å². The van der Waals surface area contributed by atoms with Crippen molar-refractivity contribution in [2.45, 2.75) is 33.3 Å². The van der Waals surface area contributed by atoms with Crippen molar-refractivity contribution in [2.24, 2.45) is 0 Å². The molecule has 0 saturated heterocycles. The summed E-state index contributed by atoms with van der Waals surface area (Å²) in [6, 6.07) is 16.0. The molecule has 0 bridgehead atoms. The van der Waals surface area contributed by atoms with Crippen LogP contribution in [0.1, 0.15) is 36.8 Å². The van der Waals surface area contributed by atoms with E-state index in [0.717, 1.165) is 16.9 Å². The number of ether oxygens (including phenoxy) is 1. The lowest BCUT2D eigenvalue weighted by Crippen LogP contribution is -1.99. The van der Waals surface area contributed by atoms with Crippen molar-refractivity contribution >= 4 is 0 Å². The highest BCUT2D eigenvalue weighted by Gasteiger charge is 2.10. The molecule has 3 aromatic rings. The first-order valence-electron chi connectivity index (χ1n) is 7.74. The Morgan fingerprint density at radius 2 is 1.83 bits per heavy atom. The number of nitrogens with zero attached hydrogens (tertiary/aromatic N) is 2. The maximum Gasteiger partial charge on any atom is 0.254 e. The van der Waals surface area contributed by atoms with Gasteiger partial charge in [-0.1, -0.05) is 44.2 Å². The lowest BCUT2D eigenvalue weighted by atomic mass is 10.0. The average Bonchev–Trinajstić information content (AvgIpc) is 3.03. The van der Waals surface area contributed by atoms with Gasteiger partial charge in [0, 0.05) is 5.56 Å². The summed E-state index contributed by atoms with van der Waals surface area (Å²) in [5.74, 6) is 2.30. The van der Waals surface area contributed by atoms with Crippen molar-refractivity contribution < 1.29 is 9.15 Å². The summed E-state index contributed by atoms with van der Waals surface area (Å²) in [4.78, 5) is 0. The summed E-state index contributed by atoms with van der Waals surface area (Å²) in [7, 11) is 0. The highest BCUT2D eigenvalue weighted by atomic mass is 16.5. The molecule has 0 atom stereocenters. The number of benzene rings is 2. The summed E-state index contributed by atoms with van der Waals surface area (Å²) in [6.45, 7) is 6.63. The topological polar surface area (TPSA) is 48.2 Å². The first kappa shape index (κ1) is 15.3. The van der Waals surface area contributed by atoms with E-state index in [4.69, 9.17) is 9.15 Å². The van der Waals surface area contributed by atoms with Crippen LogP contribution in [0.2, 0.25) is 0 Å². The lowest BCUT2D eigenvalue weighted by molar-refractivity contribution is 0.262. The minimum Gasteiger partial charge on any atom is -0.484 e. The van der Waals surface area contributed by atoms with Gasteiger partial charge in [-0.05, 0) is 42.2 Å². The van der Waals surface area contributed by atoms with E-state index in [9.17, 15) is 0 Å². The first-order valence-corrected chi connectivity index (χ1v) is 7.74. The summed E-state index contributed by atoms with van der Waals surface area (Å²) < 4.78 is 11.5. The predicted molar refractivity (Wildman–Crippen MR) is 89.3 cm³/mol. The van der Waals surface area contributed by atoms with Gasteiger partial charge in [0.15, 0.2) is 6.61 Å². The van der Waals surface area contributed by atoms with Crippen molar-refractivity contribution in [3.8, 4) is 17.2 Å². The standard InChI is InChI=1S/C19H20N2O2/c1-13(2)16-10-9-14(3)17(11-16)22-12-18-20-21-19(23-18)15-7-5-4-6-8-15/h4-11,13H,12H2,1-3H3. The van der Waals surface area contributed by atoms with Crippen LogP contribution in [-0.2, 0) is 6.61 Å². The third-order valence-corrected chi connectivity index (χ3v) is 3.72. The maximum absolute atomic E-state index is 5.87. The molecular weight excluding hydrogens is 288 g/mol. The highest BCUT2D eigenvalue weighted by Crippen LogP contribution is 2.25. The summed E-state index contributed by atoms with van der Waals surface area (Å²) in [5.41, 5.74) is 3.25. The van der Waals surface area contributed by atoms with E-state index >= 15 is 0 Å². The van der Waals surface area contributed by atoms with Crippen LogP contribution in [0.5, 0.6) is 5.75 Å². The zero-order valence-corrected chi connectivity index (χ0v) is 13.6. The Labute approximate surface area is 136 Å². The minimum atomic E-state index is 0.266. The highest BCUT2D eigenvalue weighted by molar-refractivity contribution is 5.51. The van der Waals surface area contributed by atoms with Crippen molar-refractivity contribution in [3.63, 3.8) is 0 Å². The summed E-state index contributed by atoms with van der Waals surface area (Å²) >= 11 is 0. The van der Waals surface area contributed by atoms with E-state index in [1.807, 2.05) is 37.3 Å². The third kappa shape index (κ3) is 3.59. The van der Waals surface area contributed by atoms with Gasteiger partial charge in [-0.2, -0.15) is 0 Å². The number of hydrogen-bond donors (Lipinski definition) is 0. The molecule has 2 aromatic carbocycles. The normalized spacial score (nSPS) is 11.0. The predicted octanol–water partition coefficient (Wildman–Crippen LogP) is 4.75. The second-order valence-electron chi connectivity index (χ2n) is 5.84. The number of rotatable bonds is 5. The fraction of sp³-hybridized carbons (Fsp3) is 0.263. The molecule has 0 aliphatic carbocycles. The van der Waals surface area contributed by atoms with E-state index in [1.54, 1.807) is 0 Å². The molecule has 1 heterocycles. The van der Waals surface area contributed by atoms with Crippen LogP contribution in [0.15, 0.2) is 52.9 Å². The Bertz CT molecular complexity index is 779. The van der Waals surface area contributed by atoms with Crippen molar-refractivity contribution in [2.75, 3.05) is 0 Å². The van der Waals surface area contributed by atoms with Gasteiger partial charge in [-0.3, -0.25) is 0 Å². The molecule has 0 aliphatic heterocycles. The minimum absolute atomic E-state index is 0.266. The summed E-state index contributed by atoms with van der Waals surface area (Å²) in [6.07, 6.45) is 0. The Balaban J connectivity index is 1.72. The molecule has 4 heteroatoms. The molecule has 0 N–H and O–H groups in total. The molecule has 0 radical (unpaired) electrons. The van der Waals surface area contributed by atoms with Crippen LogP contribution >= 0.6 is 0 Å². The van der Waals surface area contributed by atoms with Gasteiger partial charge in [0.1, 0.15) is 5.75 Å². The van der Waals surface area contributed by atoms with Crippen LogP contribution < -0.4 is 4.74 Å². The fourth-order valence-corrected chi connectivity index (χ4v) is 2.28. The third-order valence-electron chi connectivity index (χ3n) is 3.72. The van der Waals surface area contributed by atoms with Gasteiger partial charge in [0.05, 0.1) is 0 Å². The molecule has 0 saturated carbocycles. The van der Waals surface area contributed by atoms with Crippen LogP contribution in [0.3, 0.4) is 0 Å². The Morgan fingerprint density at radius 1 is 1.04 bits per heavy atom. The number of aryl methyl sites for hydroxylation is 1. The van der Waals surface area contributed by atoms with E-state index in [0.29, 0.717) is 17.7 Å². The maximum atomic E-state index is 5.87. The monoisotopic (exact) mass is 308 g/mol. The smallest absolute Gasteiger partial charge is 0.254 e. The molecule has 0 fully saturated rings. The molecule has 1 aromatic heterocycles. The van der Waals surface area contributed by atoms with Gasteiger partial charge in [-0.25, -0.2) is 0 Å². The fourth-order valence-electron chi connectivity index (χ4n) is 2.28. The average molecular weight is 308 g/mol.